The molecular weight excluding hydrogens is 631 g/mol. The molecule has 14 heteroatoms. The predicted molar refractivity (Wildman–Crippen MR) is 162 cm³/mol. The van der Waals surface area contributed by atoms with E-state index in [1.54, 1.807) is 24.3 Å². The van der Waals surface area contributed by atoms with Crippen LogP contribution in [0.25, 0.3) is 52.9 Å². The lowest BCUT2D eigenvalue weighted by Gasteiger charge is -2.17. The number of pyridine rings is 1. The highest BCUT2D eigenvalue weighted by Crippen LogP contribution is 2.59. The van der Waals surface area contributed by atoms with Gasteiger partial charge in [0.1, 0.15) is 29.8 Å². The Kier molecular flexibility index (Phi) is 7.73. The van der Waals surface area contributed by atoms with Gasteiger partial charge in [-0.15, -0.1) is 0 Å². The molecule has 3 aromatic rings. The second kappa shape index (κ2) is 12.0. The molecule has 0 radical (unpaired) electrons. The number of halogens is 3. The van der Waals surface area contributed by atoms with Crippen molar-refractivity contribution < 1.29 is 13.2 Å². The molecule has 1 aromatic heterocycles. The van der Waals surface area contributed by atoms with Crippen molar-refractivity contribution >= 4 is 39.2 Å². The molecule has 0 amide bonds. The Morgan fingerprint density at radius 2 is 1.22 bits per heavy atom. The minimum atomic E-state index is -1.26. The zero-order valence-electron chi connectivity index (χ0n) is 23.9. The summed E-state index contributed by atoms with van der Waals surface area (Å²) in [5, 5.41) is 61.1. The SMILES string of the molecule is [C-]#[N+]C1=C(c2cc(F)c([N+]#[C-])cc2F)/C(=C(/C#N)[N+]#[C-])c2c(C#N)c3c(c(C#N)c21)/C(=C(/C#N)[N+]#[C-])C(c1cc(C#N)cnc1F)=C3C#N. The van der Waals surface area contributed by atoms with Gasteiger partial charge in [-0.05, 0) is 40.5 Å². The molecular formula is C35H4F3N11. The summed E-state index contributed by atoms with van der Waals surface area (Å²) < 4.78 is 45.9. The van der Waals surface area contributed by atoms with Crippen LogP contribution < -0.4 is 0 Å². The van der Waals surface area contributed by atoms with Crippen molar-refractivity contribution in [3.05, 3.63) is 149 Å². The van der Waals surface area contributed by atoms with Crippen molar-refractivity contribution in [2.45, 2.75) is 0 Å². The number of fused-ring (bicyclic) bond motifs is 2. The van der Waals surface area contributed by atoms with Crippen molar-refractivity contribution in [1.29, 1.82) is 31.6 Å². The van der Waals surface area contributed by atoms with Gasteiger partial charge in [0.25, 0.3) is 11.4 Å². The van der Waals surface area contributed by atoms with Gasteiger partial charge in [0.2, 0.25) is 17.3 Å². The Bertz CT molecular complexity index is 2710. The molecule has 2 aliphatic rings. The summed E-state index contributed by atoms with van der Waals surface area (Å²) in [4.78, 5) is 16.2. The van der Waals surface area contributed by atoms with E-state index in [4.69, 9.17) is 26.3 Å². The molecule has 0 spiro atoms. The second-order valence-corrected chi connectivity index (χ2v) is 9.63. The van der Waals surface area contributed by atoms with E-state index < -0.39 is 113 Å². The fraction of sp³-hybridized carbons (Fsp3) is 0. The zero-order valence-corrected chi connectivity index (χ0v) is 23.9. The largest absolute Gasteiger partial charge is 0.270 e. The summed E-state index contributed by atoms with van der Waals surface area (Å²) >= 11 is 0. The van der Waals surface area contributed by atoms with Crippen molar-refractivity contribution in [3.8, 4) is 36.4 Å². The van der Waals surface area contributed by atoms with E-state index in [0.717, 1.165) is 12.3 Å². The van der Waals surface area contributed by atoms with E-state index >= 15 is 8.78 Å². The number of allylic oxidation sites excluding steroid dienone is 7. The first kappa shape index (κ1) is 31.7. The minimum Gasteiger partial charge on any atom is -0.237 e. The van der Waals surface area contributed by atoms with Gasteiger partial charge in [-0.3, -0.25) is 0 Å². The van der Waals surface area contributed by atoms with E-state index in [1.807, 2.05) is 12.1 Å². The van der Waals surface area contributed by atoms with Crippen molar-refractivity contribution in [3.63, 3.8) is 0 Å². The van der Waals surface area contributed by atoms with Crippen molar-refractivity contribution in [1.82, 2.24) is 4.98 Å². The highest BCUT2D eigenvalue weighted by Gasteiger charge is 2.44. The number of hydrogen-bond acceptors (Lipinski definition) is 7. The Balaban J connectivity index is 2.14. The fourth-order valence-corrected chi connectivity index (χ4v) is 5.70. The Hall–Kier alpha value is -8.76. The van der Waals surface area contributed by atoms with Crippen LogP contribution in [0.5, 0.6) is 0 Å². The fourth-order valence-electron chi connectivity index (χ4n) is 5.70. The Morgan fingerprint density at radius 1 is 0.633 bits per heavy atom. The lowest BCUT2D eigenvalue weighted by Crippen LogP contribution is -2.04. The van der Waals surface area contributed by atoms with Gasteiger partial charge in [-0.1, -0.05) is 0 Å². The lowest BCUT2D eigenvalue weighted by atomic mass is 9.84. The monoisotopic (exact) mass is 635 g/mol. The molecule has 0 bridgehead atoms. The zero-order chi connectivity index (χ0) is 35.7. The predicted octanol–water partition coefficient (Wildman–Crippen LogP) is 7.22. The Labute approximate surface area is 274 Å². The van der Waals surface area contributed by atoms with Gasteiger partial charge in [0.15, 0.2) is 0 Å². The van der Waals surface area contributed by atoms with E-state index in [-0.39, 0.29) is 5.56 Å². The Morgan fingerprint density at radius 3 is 1.73 bits per heavy atom. The van der Waals surface area contributed by atoms with Gasteiger partial charge >= 0.3 is 0 Å². The molecule has 0 aliphatic heterocycles. The average Bonchev–Trinajstić information content (AvgIpc) is 3.62. The number of nitriles is 6. The van der Waals surface area contributed by atoms with Gasteiger partial charge in [0, 0.05) is 39.6 Å². The second-order valence-electron chi connectivity index (χ2n) is 9.63. The van der Waals surface area contributed by atoms with Crippen LogP contribution in [-0.2, 0) is 0 Å². The van der Waals surface area contributed by atoms with Crippen LogP contribution in [0.4, 0.5) is 18.9 Å². The summed E-state index contributed by atoms with van der Waals surface area (Å²) in [7, 11) is 0. The highest BCUT2D eigenvalue weighted by molar-refractivity contribution is 6.31. The van der Waals surface area contributed by atoms with Gasteiger partial charge in [-0.2, -0.15) is 25.4 Å². The maximum Gasteiger partial charge on any atom is 0.270 e. The first-order valence-corrected chi connectivity index (χ1v) is 12.9. The molecule has 0 N–H and O–H groups in total. The molecule has 5 rings (SSSR count). The number of hydrogen-bond donors (Lipinski definition) is 0. The molecule has 0 atom stereocenters. The van der Waals surface area contributed by atoms with Gasteiger partial charge in [-0.25, -0.2) is 43.7 Å². The molecule has 2 aromatic carbocycles. The molecule has 49 heavy (non-hydrogen) atoms. The van der Waals surface area contributed by atoms with Crippen molar-refractivity contribution in [2.75, 3.05) is 0 Å². The van der Waals surface area contributed by atoms with Crippen LogP contribution in [0.15, 0.2) is 35.8 Å². The number of benzene rings is 2. The average molecular weight is 635 g/mol. The van der Waals surface area contributed by atoms with Crippen LogP contribution >= 0.6 is 0 Å². The van der Waals surface area contributed by atoms with Crippen LogP contribution in [-0.4, -0.2) is 4.98 Å². The van der Waals surface area contributed by atoms with Crippen LogP contribution in [0.2, 0.25) is 0 Å². The minimum absolute atomic E-state index is 0.205. The molecule has 220 valence electrons. The number of rotatable bonds is 2. The number of aromatic nitrogens is 1. The topological polar surface area (TPSA) is 173 Å². The van der Waals surface area contributed by atoms with Crippen LogP contribution in [0.3, 0.4) is 0 Å². The van der Waals surface area contributed by atoms with E-state index in [2.05, 4.69) is 24.4 Å². The summed E-state index contributed by atoms with van der Waals surface area (Å²) in [5.74, 6) is -3.76. The van der Waals surface area contributed by atoms with E-state index in [9.17, 15) is 36.0 Å². The van der Waals surface area contributed by atoms with Gasteiger partial charge in [0.05, 0.1) is 66.8 Å². The van der Waals surface area contributed by atoms with E-state index in [1.165, 1.54) is 0 Å². The molecule has 0 saturated heterocycles. The van der Waals surface area contributed by atoms with Crippen LogP contribution in [0.1, 0.15) is 50.1 Å². The highest BCUT2D eigenvalue weighted by atomic mass is 19.1. The third kappa shape index (κ3) is 4.32. The molecule has 11 nitrogen and oxygen atoms in total. The standard InChI is InChI=1S/C35H4F3N11/c1-45-23-7-21(36)16(6-22(23)37)30-33(25(13-44)47-3)29-19(10-41)27-18(9-40)26(17-5-15(8-39)14-49-35(17)38)32(24(12-43)46-2)28(27)20(11-42)31(29)34(30)48-4/h5-7,14H/b32-24-,33-25-. The maximum atomic E-state index is 15.6. The summed E-state index contributed by atoms with van der Waals surface area (Å²) in [5.41, 5.74) is -10.3. The van der Waals surface area contributed by atoms with Crippen LogP contribution in [0, 0.1) is 112 Å². The molecule has 0 unspecified atom stereocenters. The summed E-state index contributed by atoms with van der Waals surface area (Å²) in [6.45, 7) is 30.5. The molecule has 0 saturated carbocycles. The summed E-state index contributed by atoms with van der Waals surface area (Å²) in [6, 6.07) is 12.4. The molecule has 0 fully saturated rings. The van der Waals surface area contributed by atoms with Gasteiger partial charge < -0.3 is 0 Å². The summed E-state index contributed by atoms with van der Waals surface area (Å²) in [6.07, 6.45) is 0.874. The lowest BCUT2D eigenvalue weighted by molar-refractivity contribution is 0.580. The number of nitrogens with zero attached hydrogens (tertiary/aromatic N) is 11. The van der Waals surface area contributed by atoms with Crippen molar-refractivity contribution in [2.24, 2.45) is 0 Å². The normalized spacial score (nSPS) is 14.1. The molecule has 1 heterocycles. The maximum absolute atomic E-state index is 15.6. The molecule has 2 aliphatic carbocycles. The van der Waals surface area contributed by atoms with E-state index in [0.29, 0.717) is 12.1 Å². The third-order valence-electron chi connectivity index (χ3n) is 7.49. The first-order valence-electron chi connectivity index (χ1n) is 12.9. The first-order chi connectivity index (χ1) is 23.7. The smallest absolute Gasteiger partial charge is 0.237 e. The quantitative estimate of drug-likeness (QED) is 0.162. The third-order valence-corrected chi connectivity index (χ3v) is 7.49.